The molecule has 0 spiro atoms. The van der Waals surface area contributed by atoms with Crippen LogP contribution in [0, 0.1) is 13.8 Å². The maximum Gasteiger partial charge on any atom is 0.176 e. The van der Waals surface area contributed by atoms with Crippen LogP contribution in [0.2, 0.25) is 0 Å². The highest BCUT2D eigenvalue weighted by Gasteiger charge is 2.21. The molecule has 0 aliphatic carbocycles. The van der Waals surface area contributed by atoms with Crippen LogP contribution in [0.15, 0.2) is 18.6 Å². The summed E-state index contributed by atoms with van der Waals surface area (Å²) in [6.07, 6.45) is 5.61. The van der Waals surface area contributed by atoms with Crippen LogP contribution in [0.1, 0.15) is 17.1 Å². The van der Waals surface area contributed by atoms with E-state index in [1.54, 1.807) is 6.20 Å². The van der Waals surface area contributed by atoms with E-state index in [4.69, 9.17) is 0 Å². The van der Waals surface area contributed by atoms with E-state index in [-0.39, 0.29) is 0 Å². The summed E-state index contributed by atoms with van der Waals surface area (Å²) < 4.78 is 3.83. The second-order valence-electron chi connectivity index (χ2n) is 6.34. The molecule has 8 heteroatoms. The molecule has 4 heterocycles. The lowest BCUT2D eigenvalue weighted by Crippen LogP contribution is -2.46. The molecule has 1 aliphatic heterocycles. The minimum atomic E-state index is 0.773. The van der Waals surface area contributed by atoms with Crippen LogP contribution < -0.4 is 4.90 Å². The van der Waals surface area contributed by atoms with Gasteiger partial charge in [-0.15, -0.1) is 5.10 Å². The van der Waals surface area contributed by atoms with Crippen LogP contribution in [0.5, 0.6) is 0 Å². The molecule has 1 aliphatic rings. The summed E-state index contributed by atoms with van der Waals surface area (Å²) in [5, 5.41) is 8.82. The Morgan fingerprint density at radius 3 is 2.54 bits per heavy atom. The molecule has 3 aromatic heterocycles. The van der Waals surface area contributed by atoms with Crippen LogP contribution >= 0.6 is 0 Å². The minimum Gasteiger partial charge on any atom is -0.353 e. The Kier molecular flexibility index (Phi) is 3.68. The third kappa shape index (κ3) is 2.62. The molecule has 0 unspecified atom stereocenters. The number of aromatic nitrogens is 6. The number of anilines is 1. The fourth-order valence-corrected chi connectivity index (χ4v) is 3.20. The fraction of sp³-hybridized carbons (Fsp3) is 0.500. The Bertz CT molecular complexity index is 856. The van der Waals surface area contributed by atoms with Crippen molar-refractivity contribution in [3.63, 3.8) is 0 Å². The summed E-state index contributed by atoms with van der Waals surface area (Å²) in [5.74, 6) is 1.79. The molecule has 24 heavy (non-hydrogen) atoms. The number of piperazine rings is 1. The third-order valence-corrected chi connectivity index (χ3v) is 4.76. The summed E-state index contributed by atoms with van der Waals surface area (Å²) in [6.45, 7) is 8.93. The summed E-state index contributed by atoms with van der Waals surface area (Å²) in [6, 6.07) is 0. The van der Waals surface area contributed by atoms with Gasteiger partial charge in [0.05, 0.1) is 18.6 Å². The molecule has 0 radical (unpaired) electrons. The largest absolute Gasteiger partial charge is 0.353 e. The van der Waals surface area contributed by atoms with Crippen molar-refractivity contribution in [1.82, 2.24) is 34.3 Å². The van der Waals surface area contributed by atoms with Crippen molar-refractivity contribution >= 4 is 11.5 Å². The van der Waals surface area contributed by atoms with E-state index in [0.29, 0.717) is 0 Å². The topological polar surface area (TPSA) is 67.4 Å². The van der Waals surface area contributed by atoms with Gasteiger partial charge in [0, 0.05) is 51.0 Å². The first-order valence-electron chi connectivity index (χ1n) is 8.24. The second-order valence-corrected chi connectivity index (χ2v) is 6.34. The van der Waals surface area contributed by atoms with E-state index in [1.165, 1.54) is 11.3 Å². The first-order valence-corrected chi connectivity index (χ1v) is 8.24. The van der Waals surface area contributed by atoms with Gasteiger partial charge in [-0.05, 0) is 13.8 Å². The van der Waals surface area contributed by atoms with Gasteiger partial charge in [-0.1, -0.05) is 0 Å². The maximum atomic E-state index is 4.49. The number of hydrogen-bond donors (Lipinski definition) is 0. The molecule has 0 amide bonds. The molecule has 4 rings (SSSR count). The van der Waals surface area contributed by atoms with Crippen LogP contribution in [0.4, 0.5) is 5.82 Å². The van der Waals surface area contributed by atoms with E-state index >= 15 is 0 Å². The van der Waals surface area contributed by atoms with Crippen molar-refractivity contribution in [1.29, 1.82) is 0 Å². The van der Waals surface area contributed by atoms with E-state index in [2.05, 4.69) is 36.9 Å². The number of nitrogens with zero attached hydrogens (tertiary/aromatic N) is 8. The lowest BCUT2D eigenvalue weighted by atomic mass is 10.2. The SMILES string of the molecule is Cc1nc2cncc(N3CCN(Cc4cnn(C)c4C)CC3)n2n1. The highest BCUT2D eigenvalue weighted by molar-refractivity contribution is 5.47. The molecule has 126 valence electrons. The number of aryl methyl sites for hydroxylation is 2. The monoisotopic (exact) mass is 326 g/mol. The van der Waals surface area contributed by atoms with Gasteiger partial charge in [0.15, 0.2) is 11.5 Å². The molecule has 1 saturated heterocycles. The van der Waals surface area contributed by atoms with Crippen molar-refractivity contribution in [2.24, 2.45) is 7.05 Å². The van der Waals surface area contributed by atoms with Crippen LogP contribution in [-0.2, 0) is 13.6 Å². The van der Waals surface area contributed by atoms with Crippen molar-refractivity contribution in [2.45, 2.75) is 20.4 Å². The molecule has 0 atom stereocenters. The van der Waals surface area contributed by atoms with E-state index in [1.807, 2.05) is 35.6 Å². The van der Waals surface area contributed by atoms with Gasteiger partial charge in [0.1, 0.15) is 5.82 Å². The zero-order valence-electron chi connectivity index (χ0n) is 14.3. The molecular weight excluding hydrogens is 304 g/mol. The van der Waals surface area contributed by atoms with E-state index in [9.17, 15) is 0 Å². The lowest BCUT2D eigenvalue weighted by molar-refractivity contribution is 0.248. The first-order chi connectivity index (χ1) is 11.6. The molecule has 0 bridgehead atoms. The standard InChI is InChI=1S/C16H22N8/c1-12-14(8-18-21(12)3)11-22-4-6-23(7-5-22)16-10-17-9-15-19-13(2)20-24(15)16/h8-10H,4-7,11H2,1-3H3. The van der Waals surface area contributed by atoms with Crippen LogP contribution in [0.3, 0.4) is 0 Å². The highest BCUT2D eigenvalue weighted by atomic mass is 15.4. The molecule has 8 nitrogen and oxygen atoms in total. The molecule has 3 aromatic rings. The summed E-state index contributed by atoms with van der Waals surface area (Å²) >= 11 is 0. The average Bonchev–Trinajstić information content (AvgIpc) is 3.11. The van der Waals surface area contributed by atoms with Crippen molar-refractivity contribution in [3.05, 3.63) is 35.7 Å². The van der Waals surface area contributed by atoms with Gasteiger partial charge >= 0.3 is 0 Å². The number of fused-ring (bicyclic) bond motifs is 1. The van der Waals surface area contributed by atoms with Crippen molar-refractivity contribution in [2.75, 3.05) is 31.1 Å². The quantitative estimate of drug-likeness (QED) is 0.709. The Hall–Kier alpha value is -2.48. The van der Waals surface area contributed by atoms with Crippen molar-refractivity contribution < 1.29 is 0 Å². The molecule has 0 aromatic carbocycles. The predicted octanol–water partition coefficient (Wildman–Crippen LogP) is 0.797. The van der Waals surface area contributed by atoms with Gasteiger partial charge in [-0.2, -0.15) is 9.61 Å². The normalized spacial score (nSPS) is 16.2. The Balaban J connectivity index is 1.46. The molecule has 0 saturated carbocycles. The Labute approximate surface area is 140 Å². The zero-order valence-corrected chi connectivity index (χ0v) is 14.3. The van der Waals surface area contributed by atoms with Gasteiger partial charge in [0.25, 0.3) is 0 Å². The number of rotatable bonds is 3. The van der Waals surface area contributed by atoms with Gasteiger partial charge < -0.3 is 4.90 Å². The summed E-state index contributed by atoms with van der Waals surface area (Å²) in [7, 11) is 1.99. The first kappa shape index (κ1) is 15.1. The fourth-order valence-electron chi connectivity index (χ4n) is 3.20. The Morgan fingerprint density at radius 1 is 1.04 bits per heavy atom. The summed E-state index contributed by atoms with van der Waals surface area (Å²) in [4.78, 5) is 13.5. The van der Waals surface area contributed by atoms with Crippen LogP contribution in [-0.4, -0.2) is 60.4 Å². The molecular formula is C16H22N8. The van der Waals surface area contributed by atoms with Crippen molar-refractivity contribution in [3.8, 4) is 0 Å². The van der Waals surface area contributed by atoms with Gasteiger partial charge in [-0.25, -0.2) is 4.98 Å². The summed E-state index contributed by atoms with van der Waals surface area (Å²) in [5.41, 5.74) is 3.35. The molecule has 1 fully saturated rings. The third-order valence-electron chi connectivity index (χ3n) is 4.76. The minimum absolute atomic E-state index is 0.773. The Morgan fingerprint density at radius 2 is 1.83 bits per heavy atom. The highest BCUT2D eigenvalue weighted by Crippen LogP contribution is 2.18. The lowest BCUT2D eigenvalue weighted by Gasteiger charge is -2.35. The zero-order chi connectivity index (χ0) is 16.7. The number of hydrogen-bond acceptors (Lipinski definition) is 6. The predicted molar refractivity (Wildman–Crippen MR) is 91.0 cm³/mol. The van der Waals surface area contributed by atoms with E-state index < -0.39 is 0 Å². The second kappa shape index (κ2) is 5.86. The average molecular weight is 326 g/mol. The smallest absolute Gasteiger partial charge is 0.176 e. The van der Waals surface area contributed by atoms with E-state index in [0.717, 1.165) is 50.0 Å². The maximum absolute atomic E-state index is 4.49. The van der Waals surface area contributed by atoms with Gasteiger partial charge in [0.2, 0.25) is 0 Å². The van der Waals surface area contributed by atoms with Gasteiger partial charge in [-0.3, -0.25) is 14.6 Å². The molecule has 0 N–H and O–H groups in total. The van der Waals surface area contributed by atoms with Crippen LogP contribution in [0.25, 0.3) is 5.65 Å².